The van der Waals surface area contributed by atoms with Crippen molar-refractivity contribution in [2.24, 2.45) is 5.73 Å². The van der Waals surface area contributed by atoms with Crippen LogP contribution in [0.3, 0.4) is 0 Å². The largest absolute Gasteiger partial charge is 0.367 e. The van der Waals surface area contributed by atoms with Gasteiger partial charge in [0.05, 0.1) is 0 Å². The number of hydrogen-bond donors (Lipinski definition) is 1. The zero-order valence-electron chi connectivity index (χ0n) is 11.6. The van der Waals surface area contributed by atoms with Crippen molar-refractivity contribution in [1.82, 2.24) is 4.98 Å². The van der Waals surface area contributed by atoms with Crippen molar-refractivity contribution >= 4 is 5.69 Å². The highest BCUT2D eigenvalue weighted by molar-refractivity contribution is 5.55. The summed E-state index contributed by atoms with van der Waals surface area (Å²) in [6.45, 7) is 6.70. The van der Waals surface area contributed by atoms with Crippen molar-refractivity contribution in [3.8, 4) is 0 Å². The van der Waals surface area contributed by atoms with E-state index in [1.54, 1.807) is 0 Å². The number of pyridine rings is 1. The standard InChI is InChI=1S/C16H21N3/c1-3-19(12-14-6-8-18-9-7-14)16-10-13(2)4-5-15(16)11-17/h4-10H,3,11-12,17H2,1-2H3. The second-order valence-corrected chi connectivity index (χ2v) is 4.71. The van der Waals surface area contributed by atoms with Crippen molar-refractivity contribution in [1.29, 1.82) is 0 Å². The van der Waals surface area contributed by atoms with E-state index in [0.717, 1.165) is 13.1 Å². The molecule has 0 radical (unpaired) electrons. The molecule has 0 saturated heterocycles. The number of aryl methyl sites for hydroxylation is 1. The molecule has 0 aliphatic rings. The van der Waals surface area contributed by atoms with Gasteiger partial charge in [-0.25, -0.2) is 0 Å². The Labute approximate surface area is 115 Å². The first kappa shape index (κ1) is 13.6. The molecule has 0 aliphatic carbocycles. The molecule has 0 amide bonds. The van der Waals surface area contributed by atoms with Crippen LogP contribution in [0, 0.1) is 6.92 Å². The molecular formula is C16H21N3. The fraction of sp³-hybridized carbons (Fsp3) is 0.312. The van der Waals surface area contributed by atoms with Crippen LogP contribution in [0.2, 0.25) is 0 Å². The molecule has 1 heterocycles. The third-order valence-corrected chi connectivity index (χ3v) is 3.31. The highest BCUT2D eigenvalue weighted by atomic mass is 15.1. The number of nitrogens with two attached hydrogens (primary N) is 1. The van der Waals surface area contributed by atoms with Crippen LogP contribution in [0.5, 0.6) is 0 Å². The summed E-state index contributed by atoms with van der Waals surface area (Å²) in [6.07, 6.45) is 3.67. The van der Waals surface area contributed by atoms with Gasteiger partial charge < -0.3 is 10.6 Å². The summed E-state index contributed by atoms with van der Waals surface area (Å²) in [6, 6.07) is 10.6. The molecule has 2 N–H and O–H groups in total. The minimum atomic E-state index is 0.572. The lowest BCUT2D eigenvalue weighted by Crippen LogP contribution is -2.24. The van der Waals surface area contributed by atoms with Crippen molar-refractivity contribution in [2.75, 3.05) is 11.4 Å². The fourth-order valence-corrected chi connectivity index (χ4v) is 2.22. The molecule has 3 nitrogen and oxygen atoms in total. The smallest absolute Gasteiger partial charge is 0.0430 e. The molecule has 0 bridgehead atoms. The van der Waals surface area contributed by atoms with Gasteiger partial charge in [-0.15, -0.1) is 0 Å². The predicted molar refractivity (Wildman–Crippen MR) is 80.0 cm³/mol. The van der Waals surface area contributed by atoms with E-state index in [-0.39, 0.29) is 0 Å². The van der Waals surface area contributed by atoms with Crippen LogP contribution in [-0.2, 0) is 13.1 Å². The summed E-state index contributed by atoms with van der Waals surface area (Å²) >= 11 is 0. The molecule has 0 unspecified atom stereocenters. The lowest BCUT2D eigenvalue weighted by atomic mass is 10.1. The Morgan fingerprint density at radius 3 is 2.53 bits per heavy atom. The first-order valence-corrected chi connectivity index (χ1v) is 6.68. The van der Waals surface area contributed by atoms with E-state index in [9.17, 15) is 0 Å². The number of rotatable bonds is 5. The van der Waals surface area contributed by atoms with Gasteiger partial charge in [0, 0.05) is 37.7 Å². The zero-order valence-corrected chi connectivity index (χ0v) is 11.6. The van der Waals surface area contributed by atoms with Crippen LogP contribution >= 0.6 is 0 Å². The van der Waals surface area contributed by atoms with E-state index in [1.165, 1.54) is 22.4 Å². The Morgan fingerprint density at radius 1 is 1.16 bits per heavy atom. The normalized spacial score (nSPS) is 10.5. The van der Waals surface area contributed by atoms with Crippen LogP contribution in [0.1, 0.15) is 23.6 Å². The summed E-state index contributed by atoms with van der Waals surface area (Å²) < 4.78 is 0. The number of hydrogen-bond acceptors (Lipinski definition) is 3. The third-order valence-electron chi connectivity index (χ3n) is 3.31. The number of aromatic nitrogens is 1. The molecule has 100 valence electrons. The first-order valence-electron chi connectivity index (χ1n) is 6.68. The van der Waals surface area contributed by atoms with Crippen LogP contribution in [0.4, 0.5) is 5.69 Å². The molecule has 19 heavy (non-hydrogen) atoms. The second-order valence-electron chi connectivity index (χ2n) is 4.71. The Kier molecular flexibility index (Phi) is 4.53. The van der Waals surface area contributed by atoms with E-state index < -0.39 is 0 Å². The molecular weight excluding hydrogens is 234 g/mol. The van der Waals surface area contributed by atoms with Crippen molar-refractivity contribution in [3.63, 3.8) is 0 Å². The molecule has 2 aromatic rings. The van der Waals surface area contributed by atoms with Gasteiger partial charge >= 0.3 is 0 Å². The van der Waals surface area contributed by atoms with Gasteiger partial charge in [0.2, 0.25) is 0 Å². The maximum absolute atomic E-state index is 5.85. The van der Waals surface area contributed by atoms with Crippen LogP contribution in [-0.4, -0.2) is 11.5 Å². The predicted octanol–water partition coefficient (Wildman–Crippen LogP) is 2.88. The van der Waals surface area contributed by atoms with Gasteiger partial charge in [-0.05, 0) is 48.7 Å². The molecule has 3 heteroatoms. The summed E-state index contributed by atoms with van der Waals surface area (Å²) in [5.41, 5.74) is 10.8. The number of nitrogens with zero attached hydrogens (tertiary/aromatic N) is 2. The van der Waals surface area contributed by atoms with E-state index in [0.29, 0.717) is 6.54 Å². The van der Waals surface area contributed by atoms with Gasteiger partial charge in [0.1, 0.15) is 0 Å². The minimum Gasteiger partial charge on any atom is -0.367 e. The Hall–Kier alpha value is -1.87. The average molecular weight is 255 g/mol. The molecule has 1 aromatic heterocycles. The monoisotopic (exact) mass is 255 g/mol. The highest BCUT2D eigenvalue weighted by Crippen LogP contribution is 2.23. The highest BCUT2D eigenvalue weighted by Gasteiger charge is 2.10. The summed E-state index contributed by atoms with van der Waals surface area (Å²) in [7, 11) is 0. The Bertz CT molecular complexity index is 523. The summed E-state index contributed by atoms with van der Waals surface area (Å²) in [5, 5.41) is 0. The van der Waals surface area contributed by atoms with Crippen molar-refractivity contribution < 1.29 is 0 Å². The van der Waals surface area contributed by atoms with Gasteiger partial charge in [-0.3, -0.25) is 4.98 Å². The summed E-state index contributed by atoms with van der Waals surface area (Å²) in [5.74, 6) is 0. The fourth-order valence-electron chi connectivity index (χ4n) is 2.22. The van der Waals surface area contributed by atoms with Gasteiger partial charge in [-0.2, -0.15) is 0 Å². The quantitative estimate of drug-likeness (QED) is 0.893. The molecule has 2 rings (SSSR count). The molecule has 0 atom stereocenters. The first-order chi connectivity index (χ1) is 9.24. The molecule has 0 spiro atoms. The van der Waals surface area contributed by atoms with Gasteiger partial charge in [0.15, 0.2) is 0 Å². The Balaban J connectivity index is 2.29. The zero-order chi connectivity index (χ0) is 13.7. The van der Waals surface area contributed by atoms with Crippen LogP contribution < -0.4 is 10.6 Å². The molecule has 0 aliphatic heterocycles. The maximum atomic E-state index is 5.85. The van der Waals surface area contributed by atoms with Crippen molar-refractivity contribution in [3.05, 3.63) is 59.4 Å². The lowest BCUT2D eigenvalue weighted by Gasteiger charge is -2.26. The topological polar surface area (TPSA) is 42.2 Å². The average Bonchev–Trinajstić information content (AvgIpc) is 2.46. The van der Waals surface area contributed by atoms with E-state index in [2.05, 4.69) is 54.1 Å². The minimum absolute atomic E-state index is 0.572. The lowest BCUT2D eigenvalue weighted by molar-refractivity contribution is 0.819. The molecule has 1 aromatic carbocycles. The molecule has 0 saturated carbocycles. The maximum Gasteiger partial charge on any atom is 0.0430 e. The summed E-state index contributed by atoms with van der Waals surface area (Å²) in [4.78, 5) is 6.41. The van der Waals surface area contributed by atoms with E-state index in [1.807, 2.05) is 12.4 Å². The van der Waals surface area contributed by atoms with Gasteiger partial charge in [0.25, 0.3) is 0 Å². The number of benzene rings is 1. The van der Waals surface area contributed by atoms with E-state index >= 15 is 0 Å². The molecule has 0 fully saturated rings. The Morgan fingerprint density at radius 2 is 1.89 bits per heavy atom. The SMILES string of the molecule is CCN(Cc1ccncc1)c1cc(C)ccc1CN. The third kappa shape index (κ3) is 3.32. The van der Waals surface area contributed by atoms with Crippen LogP contribution in [0.15, 0.2) is 42.7 Å². The second kappa shape index (κ2) is 6.34. The van der Waals surface area contributed by atoms with Gasteiger partial charge in [-0.1, -0.05) is 12.1 Å². The van der Waals surface area contributed by atoms with E-state index in [4.69, 9.17) is 5.73 Å². The van der Waals surface area contributed by atoms with Crippen LogP contribution in [0.25, 0.3) is 0 Å². The number of anilines is 1. The van der Waals surface area contributed by atoms with Crippen molar-refractivity contribution in [2.45, 2.75) is 26.9 Å².